The Hall–Kier alpha value is -0.940. The summed E-state index contributed by atoms with van der Waals surface area (Å²) in [4.78, 5) is 0. The quantitative estimate of drug-likeness (QED) is 0.795. The van der Waals surface area contributed by atoms with Gasteiger partial charge in [0.25, 0.3) is 0 Å². The zero-order chi connectivity index (χ0) is 10.8. The summed E-state index contributed by atoms with van der Waals surface area (Å²) in [6.45, 7) is 6.26. The highest BCUT2D eigenvalue weighted by Crippen LogP contribution is 2.28. The molecule has 0 aliphatic carbocycles. The molecule has 1 aromatic rings. The molecule has 5 heteroatoms. The maximum Gasteiger partial charge on any atom is 0.146 e. The maximum atomic E-state index is 5.61. The van der Waals surface area contributed by atoms with E-state index in [-0.39, 0.29) is 0 Å². The molecule has 15 heavy (non-hydrogen) atoms. The van der Waals surface area contributed by atoms with E-state index in [0.29, 0.717) is 18.6 Å². The standard InChI is InChI=1S/C10H18N4O/c1-3-14-9(5-11)12-13-10(14)8-4-7(2)15-6-8/h7-8H,3-6,11H2,1-2H3. The molecule has 2 unspecified atom stereocenters. The Morgan fingerprint density at radius 2 is 2.33 bits per heavy atom. The lowest BCUT2D eigenvalue weighted by molar-refractivity contribution is 0.123. The summed E-state index contributed by atoms with van der Waals surface area (Å²) in [5.41, 5.74) is 5.61. The highest BCUT2D eigenvalue weighted by atomic mass is 16.5. The first kappa shape index (κ1) is 10.6. The van der Waals surface area contributed by atoms with Crippen LogP contribution in [0.2, 0.25) is 0 Å². The molecule has 0 saturated carbocycles. The number of rotatable bonds is 3. The van der Waals surface area contributed by atoms with Gasteiger partial charge in [-0.15, -0.1) is 10.2 Å². The molecule has 1 saturated heterocycles. The van der Waals surface area contributed by atoms with E-state index in [1.165, 1.54) is 0 Å². The number of ether oxygens (including phenoxy) is 1. The minimum atomic E-state index is 0.332. The minimum Gasteiger partial charge on any atom is -0.378 e. The van der Waals surface area contributed by atoms with Crippen molar-refractivity contribution in [2.45, 2.75) is 45.4 Å². The third kappa shape index (κ3) is 1.89. The molecule has 0 spiro atoms. The van der Waals surface area contributed by atoms with Crippen molar-refractivity contribution in [3.63, 3.8) is 0 Å². The first-order valence-electron chi connectivity index (χ1n) is 5.49. The molecular formula is C10H18N4O. The third-order valence-corrected chi connectivity index (χ3v) is 2.92. The molecule has 0 radical (unpaired) electrons. The zero-order valence-corrected chi connectivity index (χ0v) is 9.31. The molecule has 0 aromatic carbocycles. The zero-order valence-electron chi connectivity index (χ0n) is 9.31. The van der Waals surface area contributed by atoms with Crippen LogP contribution in [0.3, 0.4) is 0 Å². The molecule has 1 fully saturated rings. The summed E-state index contributed by atoms with van der Waals surface area (Å²) in [5, 5.41) is 8.33. The minimum absolute atomic E-state index is 0.332. The summed E-state index contributed by atoms with van der Waals surface area (Å²) in [6, 6.07) is 0. The van der Waals surface area contributed by atoms with E-state index < -0.39 is 0 Å². The van der Waals surface area contributed by atoms with Crippen LogP contribution in [-0.2, 0) is 17.8 Å². The van der Waals surface area contributed by atoms with Gasteiger partial charge in [0.05, 0.1) is 19.3 Å². The fourth-order valence-electron chi connectivity index (χ4n) is 2.14. The Bertz CT molecular complexity index is 336. The normalized spacial score (nSPS) is 26.1. The number of hydrogen-bond acceptors (Lipinski definition) is 4. The fourth-order valence-corrected chi connectivity index (χ4v) is 2.14. The molecule has 5 nitrogen and oxygen atoms in total. The second-order valence-corrected chi connectivity index (χ2v) is 4.00. The molecule has 2 heterocycles. The van der Waals surface area contributed by atoms with Crippen LogP contribution >= 0.6 is 0 Å². The van der Waals surface area contributed by atoms with E-state index in [9.17, 15) is 0 Å². The van der Waals surface area contributed by atoms with Gasteiger partial charge < -0.3 is 15.0 Å². The van der Waals surface area contributed by atoms with Gasteiger partial charge in [0.1, 0.15) is 11.6 Å². The predicted molar refractivity (Wildman–Crippen MR) is 56.4 cm³/mol. The van der Waals surface area contributed by atoms with Crippen LogP contribution in [0.1, 0.15) is 37.8 Å². The molecule has 2 atom stereocenters. The molecule has 1 aliphatic rings. The predicted octanol–water partition coefficient (Wildman–Crippen LogP) is 0.649. The average Bonchev–Trinajstić information content (AvgIpc) is 2.82. The van der Waals surface area contributed by atoms with Gasteiger partial charge in [0, 0.05) is 12.5 Å². The van der Waals surface area contributed by atoms with Crippen molar-refractivity contribution < 1.29 is 4.74 Å². The fraction of sp³-hybridized carbons (Fsp3) is 0.800. The molecule has 84 valence electrons. The lowest BCUT2D eigenvalue weighted by atomic mass is 10.1. The average molecular weight is 210 g/mol. The van der Waals surface area contributed by atoms with Crippen LogP contribution in [0.5, 0.6) is 0 Å². The largest absolute Gasteiger partial charge is 0.378 e. The van der Waals surface area contributed by atoms with Crippen molar-refractivity contribution in [1.82, 2.24) is 14.8 Å². The van der Waals surface area contributed by atoms with Gasteiger partial charge in [-0.3, -0.25) is 0 Å². The topological polar surface area (TPSA) is 66.0 Å². The van der Waals surface area contributed by atoms with Crippen LogP contribution in [0.25, 0.3) is 0 Å². The van der Waals surface area contributed by atoms with Gasteiger partial charge in [-0.05, 0) is 20.3 Å². The first-order chi connectivity index (χ1) is 7.26. The van der Waals surface area contributed by atoms with Crippen LogP contribution in [0.4, 0.5) is 0 Å². The molecule has 2 rings (SSSR count). The summed E-state index contributed by atoms with van der Waals surface area (Å²) in [5.74, 6) is 2.28. The van der Waals surface area contributed by atoms with Crippen LogP contribution < -0.4 is 5.73 Å². The molecule has 0 bridgehead atoms. The molecule has 1 aromatic heterocycles. The van der Waals surface area contributed by atoms with E-state index in [1.807, 2.05) is 0 Å². The van der Waals surface area contributed by atoms with Crippen LogP contribution in [-0.4, -0.2) is 27.5 Å². The van der Waals surface area contributed by atoms with Crippen molar-refractivity contribution in [3.8, 4) is 0 Å². The van der Waals surface area contributed by atoms with E-state index in [2.05, 4.69) is 28.6 Å². The molecular weight excluding hydrogens is 192 g/mol. The van der Waals surface area contributed by atoms with E-state index in [4.69, 9.17) is 10.5 Å². The Kier molecular flexibility index (Phi) is 3.02. The smallest absolute Gasteiger partial charge is 0.146 e. The van der Waals surface area contributed by atoms with E-state index in [1.54, 1.807) is 0 Å². The molecule has 1 aliphatic heterocycles. The second-order valence-electron chi connectivity index (χ2n) is 4.00. The van der Waals surface area contributed by atoms with Crippen molar-refractivity contribution in [1.29, 1.82) is 0 Å². The number of nitrogens with two attached hydrogens (primary N) is 1. The van der Waals surface area contributed by atoms with Crippen LogP contribution in [0, 0.1) is 0 Å². The van der Waals surface area contributed by atoms with Gasteiger partial charge in [-0.25, -0.2) is 0 Å². The number of hydrogen-bond donors (Lipinski definition) is 1. The van der Waals surface area contributed by atoms with Crippen molar-refractivity contribution in [3.05, 3.63) is 11.6 Å². The lowest BCUT2D eigenvalue weighted by Crippen LogP contribution is -2.13. The number of aromatic nitrogens is 3. The third-order valence-electron chi connectivity index (χ3n) is 2.92. The Balaban J connectivity index is 2.24. The van der Waals surface area contributed by atoms with Gasteiger partial charge in [0.2, 0.25) is 0 Å². The maximum absolute atomic E-state index is 5.61. The van der Waals surface area contributed by atoms with Gasteiger partial charge in [-0.1, -0.05) is 0 Å². The second kappa shape index (κ2) is 4.28. The van der Waals surface area contributed by atoms with Gasteiger partial charge >= 0.3 is 0 Å². The van der Waals surface area contributed by atoms with Gasteiger partial charge in [0.15, 0.2) is 0 Å². The SMILES string of the molecule is CCn1c(CN)nnc1C1COC(C)C1. The highest BCUT2D eigenvalue weighted by Gasteiger charge is 2.28. The Morgan fingerprint density at radius 3 is 2.87 bits per heavy atom. The highest BCUT2D eigenvalue weighted by molar-refractivity contribution is 5.04. The van der Waals surface area contributed by atoms with Crippen LogP contribution in [0.15, 0.2) is 0 Å². The summed E-state index contributed by atoms with van der Waals surface area (Å²) >= 11 is 0. The molecule has 0 amide bonds. The van der Waals surface area contributed by atoms with E-state index >= 15 is 0 Å². The van der Waals surface area contributed by atoms with Crippen molar-refractivity contribution in [2.24, 2.45) is 5.73 Å². The first-order valence-corrected chi connectivity index (χ1v) is 5.49. The molecule has 2 N–H and O–H groups in total. The Labute approximate surface area is 89.6 Å². The van der Waals surface area contributed by atoms with Gasteiger partial charge in [-0.2, -0.15) is 0 Å². The van der Waals surface area contributed by atoms with E-state index in [0.717, 1.165) is 31.2 Å². The number of nitrogens with zero attached hydrogens (tertiary/aromatic N) is 3. The monoisotopic (exact) mass is 210 g/mol. The summed E-state index contributed by atoms with van der Waals surface area (Å²) in [7, 11) is 0. The summed E-state index contributed by atoms with van der Waals surface area (Å²) in [6.07, 6.45) is 1.36. The summed E-state index contributed by atoms with van der Waals surface area (Å²) < 4.78 is 7.65. The lowest BCUT2D eigenvalue weighted by Gasteiger charge is -2.10. The Morgan fingerprint density at radius 1 is 1.53 bits per heavy atom. The van der Waals surface area contributed by atoms with Crippen molar-refractivity contribution >= 4 is 0 Å². The van der Waals surface area contributed by atoms with Crippen molar-refractivity contribution in [2.75, 3.05) is 6.61 Å².